The fourth-order valence-corrected chi connectivity index (χ4v) is 1.62. The molecule has 0 aliphatic rings. The lowest BCUT2D eigenvalue weighted by atomic mass is 10.2. The molecule has 0 radical (unpaired) electrons. The Morgan fingerprint density at radius 2 is 2.36 bits per heavy atom. The molecule has 0 amide bonds. The molecular weight excluding hydrogens is 200 g/mol. The van der Waals surface area contributed by atoms with Crippen LogP contribution in [0.15, 0.2) is 30.6 Å². The van der Waals surface area contributed by atoms with Gasteiger partial charge in [-0.2, -0.15) is 4.37 Å². The van der Waals surface area contributed by atoms with E-state index in [0.717, 1.165) is 17.1 Å². The number of nitrogens with zero attached hydrogens (tertiary/aromatic N) is 2. The van der Waals surface area contributed by atoms with Crippen molar-refractivity contribution in [3.05, 3.63) is 35.5 Å². The number of carboxylic acids is 1. The average molecular weight is 206 g/mol. The maximum atomic E-state index is 10.6. The van der Waals surface area contributed by atoms with E-state index in [9.17, 15) is 4.79 Å². The first-order valence-corrected chi connectivity index (χ1v) is 4.65. The molecule has 0 atom stereocenters. The maximum Gasteiger partial charge on any atom is 0.347 e. The van der Waals surface area contributed by atoms with Crippen LogP contribution in [0.5, 0.6) is 0 Å². The zero-order valence-electron chi connectivity index (χ0n) is 7.04. The highest BCUT2D eigenvalue weighted by Gasteiger charge is 2.09. The van der Waals surface area contributed by atoms with Crippen molar-refractivity contribution in [2.75, 3.05) is 0 Å². The first-order chi connectivity index (χ1) is 6.77. The van der Waals surface area contributed by atoms with E-state index >= 15 is 0 Å². The van der Waals surface area contributed by atoms with E-state index in [1.165, 1.54) is 0 Å². The van der Waals surface area contributed by atoms with Crippen LogP contribution in [0.1, 0.15) is 9.67 Å². The normalized spacial score (nSPS) is 10.0. The predicted octanol–water partition coefficient (Wildman–Crippen LogP) is 1.90. The van der Waals surface area contributed by atoms with Crippen LogP contribution in [0.25, 0.3) is 11.3 Å². The molecule has 2 rings (SSSR count). The molecule has 0 fully saturated rings. The Hall–Kier alpha value is -1.75. The van der Waals surface area contributed by atoms with Crippen LogP contribution in [0.2, 0.25) is 0 Å². The van der Waals surface area contributed by atoms with Gasteiger partial charge in [0.2, 0.25) is 0 Å². The van der Waals surface area contributed by atoms with Crippen molar-refractivity contribution >= 4 is 17.5 Å². The quantitative estimate of drug-likeness (QED) is 0.815. The summed E-state index contributed by atoms with van der Waals surface area (Å²) in [5.74, 6) is -0.947. The summed E-state index contributed by atoms with van der Waals surface area (Å²) < 4.78 is 4.03. The summed E-state index contributed by atoms with van der Waals surface area (Å²) in [5, 5.41) is 8.70. The molecule has 70 valence electrons. The van der Waals surface area contributed by atoms with Gasteiger partial charge in [-0.05, 0) is 29.7 Å². The smallest absolute Gasteiger partial charge is 0.347 e. The number of aromatic carboxylic acids is 1. The Morgan fingerprint density at radius 3 is 2.93 bits per heavy atom. The largest absolute Gasteiger partial charge is 0.477 e. The molecule has 0 saturated heterocycles. The Bertz CT molecular complexity index is 453. The molecule has 0 unspecified atom stereocenters. The molecule has 1 N–H and O–H groups in total. The first-order valence-electron chi connectivity index (χ1n) is 3.88. The van der Waals surface area contributed by atoms with Gasteiger partial charge >= 0.3 is 5.97 Å². The van der Waals surface area contributed by atoms with E-state index in [4.69, 9.17) is 5.11 Å². The lowest BCUT2D eigenvalue weighted by Crippen LogP contribution is -1.89. The highest BCUT2D eigenvalue weighted by atomic mass is 32.1. The highest BCUT2D eigenvalue weighted by molar-refractivity contribution is 7.08. The lowest BCUT2D eigenvalue weighted by Gasteiger charge is -1.91. The summed E-state index contributed by atoms with van der Waals surface area (Å²) in [6.07, 6.45) is 3.31. The summed E-state index contributed by atoms with van der Waals surface area (Å²) in [6.45, 7) is 0. The average Bonchev–Trinajstić information content (AvgIpc) is 2.68. The summed E-state index contributed by atoms with van der Waals surface area (Å²) in [5.41, 5.74) is 1.48. The fraction of sp³-hybridized carbons (Fsp3) is 0. The second kappa shape index (κ2) is 3.55. The van der Waals surface area contributed by atoms with Crippen molar-refractivity contribution in [1.82, 2.24) is 9.36 Å². The van der Waals surface area contributed by atoms with Gasteiger partial charge in [0.25, 0.3) is 0 Å². The van der Waals surface area contributed by atoms with Gasteiger partial charge in [0.05, 0.1) is 5.69 Å². The van der Waals surface area contributed by atoms with Crippen molar-refractivity contribution in [2.24, 2.45) is 0 Å². The zero-order valence-corrected chi connectivity index (χ0v) is 7.86. The first kappa shape index (κ1) is 8.83. The number of rotatable bonds is 2. The van der Waals surface area contributed by atoms with Gasteiger partial charge < -0.3 is 5.11 Å². The number of carboxylic acid groups (broad SMARTS) is 1. The molecule has 0 spiro atoms. The van der Waals surface area contributed by atoms with Crippen LogP contribution in [0, 0.1) is 0 Å². The second-order valence-electron chi connectivity index (χ2n) is 2.62. The van der Waals surface area contributed by atoms with E-state index < -0.39 is 5.97 Å². The Kier molecular flexibility index (Phi) is 2.24. The van der Waals surface area contributed by atoms with Crippen molar-refractivity contribution < 1.29 is 9.90 Å². The molecule has 0 saturated carbocycles. The molecule has 0 bridgehead atoms. The number of hydrogen-bond donors (Lipinski definition) is 1. The Morgan fingerprint density at radius 1 is 1.50 bits per heavy atom. The SMILES string of the molecule is O=C(O)c1cc(-c2cccnc2)ns1. The van der Waals surface area contributed by atoms with Crippen LogP contribution in [0.3, 0.4) is 0 Å². The predicted molar refractivity (Wildman–Crippen MR) is 52.3 cm³/mol. The van der Waals surface area contributed by atoms with E-state index in [0.29, 0.717) is 5.69 Å². The minimum Gasteiger partial charge on any atom is -0.477 e. The van der Waals surface area contributed by atoms with Crippen LogP contribution >= 0.6 is 11.5 Å². The van der Waals surface area contributed by atoms with Gasteiger partial charge in [0, 0.05) is 18.0 Å². The summed E-state index contributed by atoms with van der Waals surface area (Å²) in [7, 11) is 0. The molecule has 2 aromatic heterocycles. The molecule has 14 heavy (non-hydrogen) atoms. The van der Waals surface area contributed by atoms with E-state index in [-0.39, 0.29) is 4.88 Å². The van der Waals surface area contributed by atoms with Crippen LogP contribution < -0.4 is 0 Å². The molecule has 2 heterocycles. The summed E-state index contributed by atoms with van der Waals surface area (Å²) >= 11 is 0.975. The van der Waals surface area contributed by atoms with E-state index in [1.807, 2.05) is 6.07 Å². The maximum absolute atomic E-state index is 10.6. The standard InChI is InChI=1S/C9H6N2O2S/c12-9(13)8-4-7(11-14-8)6-2-1-3-10-5-6/h1-5H,(H,12,13). The van der Waals surface area contributed by atoms with Crippen LogP contribution in [0.4, 0.5) is 0 Å². The van der Waals surface area contributed by atoms with Crippen molar-refractivity contribution in [3.8, 4) is 11.3 Å². The number of aromatic nitrogens is 2. The Balaban J connectivity index is 2.39. The molecule has 0 aliphatic carbocycles. The number of pyridine rings is 1. The Labute approximate surface area is 84.0 Å². The second-order valence-corrected chi connectivity index (χ2v) is 3.43. The van der Waals surface area contributed by atoms with Gasteiger partial charge in [-0.3, -0.25) is 4.98 Å². The zero-order chi connectivity index (χ0) is 9.97. The third-order valence-corrected chi connectivity index (χ3v) is 2.46. The number of carbonyl (C=O) groups is 1. The van der Waals surface area contributed by atoms with Gasteiger partial charge in [-0.25, -0.2) is 4.79 Å². The number of hydrogen-bond acceptors (Lipinski definition) is 4. The van der Waals surface area contributed by atoms with Gasteiger partial charge in [-0.15, -0.1) is 0 Å². The molecule has 4 nitrogen and oxygen atoms in total. The van der Waals surface area contributed by atoms with Gasteiger partial charge in [0.1, 0.15) is 4.88 Å². The minimum absolute atomic E-state index is 0.240. The van der Waals surface area contributed by atoms with Crippen molar-refractivity contribution in [2.45, 2.75) is 0 Å². The summed E-state index contributed by atoms with van der Waals surface area (Å²) in [4.78, 5) is 14.8. The van der Waals surface area contributed by atoms with Gasteiger partial charge in [0.15, 0.2) is 0 Å². The van der Waals surface area contributed by atoms with Crippen LogP contribution in [-0.4, -0.2) is 20.4 Å². The third kappa shape index (κ3) is 1.62. The van der Waals surface area contributed by atoms with Crippen molar-refractivity contribution in [1.29, 1.82) is 0 Å². The van der Waals surface area contributed by atoms with Crippen LogP contribution in [-0.2, 0) is 0 Å². The minimum atomic E-state index is -0.947. The van der Waals surface area contributed by atoms with Crippen molar-refractivity contribution in [3.63, 3.8) is 0 Å². The van der Waals surface area contributed by atoms with E-state index in [2.05, 4.69) is 9.36 Å². The monoisotopic (exact) mass is 206 g/mol. The highest BCUT2D eigenvalue weighted by Crippen LogP contribution is 2.20. The third-order valence-electron chi connectivity index (χ3n) is 1.68. The molecule has 5 heteroatoms. The molecular formula is C9H6N2O2S. The summed E-state index contributed by atoms with van der Waals surface area (Å²) in [6, 6.07) is 5.17. The van der Waals surface area contributed by atoms with Gasteiger partial charge in [-0.1, -0.05) is 0 Å². The molecule has 2 aromatic rings. The van der Waals surface area contributed by atoms with E-state index in [1.54, 1.807) is 24.5 Å². The molecule has 0 aromatic carbocycles. The fourth-order valence-electron chi connectivity index (χ4n) is 1.03. The topological polar surface area (TPSA) is 63.1 Å². The molecule has 0 aliphatic heterocycles. The lowest BCUT2D eigenvalue weighted by molar-refractivity contribution is 0.0702.